The van der Waals surface area contributed by atoms with E-state index >= 15 is 0 Å². The normalized spacial score (nSPS) is 11.9. The minimum absolute atomic E-state index is 0.00330. The van der Waals surface area contributed by atoms with Gasteiger partial charge in [-0.1, -0.05) is 54.1 Å². The van der Waals surface area contributed by atoms with Crippen LogP contribution in [0.2, 0.25) is 0 Å². The summed E-state index contributed by atoms with van der Waals surface area (Å²) in [5, 5.41) is 8.90. The highest BCUT2D eigenvalue weighted by Crippen LogP contribution is 2.14. The third kappa shape index (κ3) is 4.96. The molecule has 1 N–H and O–H groups in total. The van der Waals surface area contributed by atoms with Gasteiger partial charge in [-0.2, -0.15) is 0 Å². The molecular weight excluding hydrogens is 354 g/mol. The molecule has 3 aromatic rings. The maximum atomic E-state index is 12.6. The Kier molecular flexibility index (Phi) is 6.06. The molecule has 0 aliphatic carbocycles. The number of carboxylic acid groups (broad SMARTS) is 1. The van der Waals surface area contributed by atoms with Gasteiger partial charge in [-0.05, 0) is 31.0 Å². The van der Waals surface area contributed by atoms with Crippen LogP contribution in [-0.2, 0) is 22.7 Å². The van der Waals surface area contributed by atoms with E-state index in [1.54, 1.807) is 0 Å². The summed E-state index contributed by atoms with van der Waals surface area (Å²) in [7, 11) is 0. The van der Waals surface area contributed by atoms with E-state index in [4.69, 9.17) is 9.84 Å². The van der Waals surface area contributed by atoms with Crippen molar-refractivity contribution in [3.63, 3.8) is 0 Å². The molecule has 28 heavy (non-hydrogen) atoms. The van der Waals surface area contributed by atoms with Crippen LogP contribution in [0.5, 0.6) is 0 Å². The van der Waals surface area contributed by atoms with Gasteiger partial charge in [0.05, 0.1) is 6.61 Å². The molecule has 5 heteroatoms. The Bertz CT molecular complexity index is 972. The van der Waals surface area contributed by atoms with Gasteiger partial charge in [0.25, 0.3) is 0 Å². The Morgan fingerprint density at radius 3 is 2.46 bits per heavy atom. The van der Waals surface area contributed by atoms with E-state index in [2.05, 4.69) is 0 Å². The predicted molar refractivity (Wildman–Crippen MR) is 106 cm³/mol. The molecule has 5 nitrogen and oxygen atoms in total. The van der Waals surface area contributed by atoms with Crippen LogP contribution < -0.4 is 0 Å². The molecule has 0 saturated carbocycles. The van der Waals surface area contributed by atoms with Crippen LogP contribution in [0.1, 0.15) is 39.5 Å². The van der Waals surface area contributed by atoms with Crippen molar-refractivity contribution in [3.8, 4) is 0 Å². The summed E-state index contributed by atoms with van der Waals surface area (Å²) in [5.41, 5.74) is 4.41. The maximum absolute atomic E-state index is 12.6. The van der Waals surface area contributed by atoms with Crippen LogP contribution in [0.4, 0.5) is 0 Å². The number of nitrogens with zero attached hydrogens (tertiary/aromatic N) is 1. The quantitative estimate of drug-likeness (QED) is 0.601. The zero-order valence-corrected chi connectivity index (χ0v) is 16.0. The standard InChI is InChI=1S/C23H23NO4/c1-16-6-8-20(9-7-16)22(25)21-10-11-24(14-21)13-18-4-3-5-19(12-18)15-28-17(2)23(26)27/h3-12,14,17H,13,15H2,1-2H3,(H,26,27)/t17-/m1/s1. The first-order valence-corrected chi connectivity index (χ1v) is 9.12. The lowest BCUT2D eigenvalue weighted by molar-refractivity contribution is -0.149. The zero-order chi connectivity index (χ0) is 20.1. The van der Waals surface area contributed by atoms with Crippen LogP contribution in [0, 0.1) is 6.92 Å². The van der Waals surface area contributed by atoms with Crippen molar-refractivity contribution in [2.75, 3.05) is 0 Å². The molecule has 0 aliphatic rings. The van der Waals surface area contributed by atoms with E-state index in [9.17, 15) is 9.59 Å². The second-order valence-corrected chi connectivity index (χ2v) is 6.88. The predicted octanol–water partition coefficient (Wildman–Crippen LogP) is 4.07. The third-order valence-electron chi connectivity index (χ3n) is 4.53. The van der Waals surface area contributed by atoms with Crippen molar-refractivity contribution in [2.24, 2.45) is 0 Å². The van der Waals surface area contributed by atoms with Gasteiger partial charge in [0, 0.05) is 30.1 Å². The Hall–Kier alpha value is -3.18. The molecule has 0 amide bonds. The van der Waals surface area contributed by atoms with Crippen molar-refractivity contribution in [3.05, 3.63) is 94.8 Å². The van der Waals surface area contributed by atoms with Crippen LogP contribution in [-0.4, -0.2) is 27.5 Å². The Balaban J connectivity index is 1.66. The lowest BCUT2D eigenvalue weighted by Gasteiger charge is -2.10. The maximum Gasteiger partial charge on any atom is 0.332 e. The van der Waals surface area contributed by atoms with Gasteiger partial charge in [0.2, 0.25) is 0 Å². The number of ether oxygens (including phenoxy) is 1. The lowest BCUT2D eigenvalue weighted by atomic mass is 10.0. The fraction of sp³-hybridized carbons (Fsp3) is 0.217. The Morgan fingerprint density at radius 1 is 1.04 bits per heavy atom. The molecule has 1 atom stereocenters. The van der Waals surface area contributed by atoms with E-state index in [1.165, 1.54) is 6.92 Å². The molecule has 144 valence electrons. The van der Waals surface area contributed by atoms with E-state index in [-0.39, 0.29) is 12.4 Å². The molecule has 1 heterocycles. The van der Waals surface area contributed by atoms with Gasteiger partial charge in [0.1, 0.15) is 0 Å². The zero-order valence-electron chi connectivity index (χ0n) is 16.0. The van der Waals surface area contributed by atoms with E-state index in [0.29, 0.717) is 17.7 Å². The molecule has 0 fully saturated rings. The van der Waals surface area contributed by atoms with Gasteiger partial charge in [0.15, 0.2) is 11.9 Å². The summed E-state index contributed by atoms with van der Waals surface area (Å²) in [6, 6.07) is 17.2. The lowest BCUT2D eigenvalue weighted by Crippen LogP contribution is -2.19. The molecule has 0 saturated heterocycles. The van der Waals surface area contributed by atoms with Crippen molar-refractivity contribution in [2.45, 2.75) is 33.1 Å². The number of hydrogen-bond acceptors (Lipinski definition) is 3. The summed E-state index contributed by atoms with van der Waals surface area (Å²) in [6.45, 7) is 4.36. The SMILES string of the molecule is Cc1ccc(C(=O)c2ccn(Cc3cccc(CO[C@H](C)C(=O)O)c3)c2)cc1. The largest absolute Gasteiger partial charge is 0.479 e. The topological polar surface area (TPSA) is 68.5 Å². The second-order valence-electron chi connectivity index (χ2n) is 6.88. The molecular formula is C23H23NO4. The highest BCUT2D eigenvalue weighted by molar-refractivity contribution is 6.08. The first-order chi connectivity index (χ1) is 13.4. The van der Waals surface area contributed by atoms with Gasteiger partial charge in [-0.3, -0.25) is 4.79 Å². The number of hydrogen-bond donors (Lipinski definition) is 1. The number of benzene rings is 2. The third-order valence-corrected chi connectivity index (χ3v) is 4.53. The van der Waals surface area contributed by atoms with Gasteiger partial charge in [-0.15, -0.1) is 0 Å². The summed E-state index contributed by atoms with van der Waals surface area (Å²) >= 11 is 0. The van der Waals surface area contributed by atoms with Crippen LogP contribution in [0.15, 0.2) is 67.0 Å². The van der Waals surface area contributed by atoms with E-state index < -0.39 is 12.1 Å². The Labute approximate surface area is 164 Å². The van der Waals surface area contributed by atoms with Crippen molar-refractivity contribution in [1.29, 1.82) is 0 Å². The molecule has 0 bridgehead atoms. The first kappa shape index (κ1) is 19.6. The monoisotopic (exact) mass is 377 g/mol. The van der Waals surface area contributed by atoms with Crippen molar-refractivity contribution < 1.29 is 19.4 Å². The van der Waals surface area contributed by atoms with Crippen LogP contribution in [0.25, 0.3) is 0 Å². The highest BCUT2D eigenvalue weighted by Gasteiger charge is 2.12. The fourth-order valence-electron chi connectivity index (χ4n) is 2.87. The number of aromatic nitrogens is 1. The molecule has 0 radical (unpaired) electrons. The molecule has 1 aromatic heterocycles. The number of aryl methyl sites for hydroxylation is 1. The smallest absolute Gasteiger partial charge is 0.332 e. The first-order valence-electron chi connectivity index (χ1n) is 9.12. The summed E-state index contributed by atoms with van der Waals surface area (Å²) in [6.07, 6.45) is 2.89. The second kappa shape index (κ2) is 8.67. The average molecular weight is 377 g/mol. The van der Waals surface area contributed by atoms with Crippen molar-refractivity contribution in [1.82, 2.24) is 4.57 Å². The highest BCUT2D eigenvalue weighted by atomic mass is 16.5. The van der Waals surface area contributed by atoms with Gasteiger partial charge < -0.3 is 14.4 Å². The fourth-order valence-corrected chi connectivity index (χ4v) is 2.87. The van der Waals surface area contributed by atoms with E-state index in [1.807, 2.05) is 78.5 Å². The van der Waals surface area contributed by atoms with Crippen LogP contribution in [0.3, 0.4) is 0 Å². The number of carbonyl (C=O) groups excluding carboxylic acids is 1. The number of carbonyl (C=O) groups is 2. The minimum atomic E-state index is -0.978. The van der Waals surface area contributed by atoms with Crippen molar-refractivity contribution >= 4 is 11.8 Å². The molecule has 0 unspecified atom stereocenters. The van der Waals surface area contributed by atoms with Gasteiger partial charge >= 0.3 is 5.97 Å². The molecule has 3 rings (SSSR count). The minimum Gasteiger partial charge on any atom is -0.479 e. The molecule has 0 spiro atoms. The Morgan fingerprint density at radius 2 is 1.75 bits per heavy atom. The summed E-state index contributed by atoms with van der Waals surface area (Å²) in [4.78, 5) is 23.5. The summed E-state index contributed by atoms with van der Waals surface area (Å²) < 4.78 is 7.30. The number of ketones is 1. The average Bonchev–Trinajstić information content (AvgIpc) is 3.14. The molecule has 2 aromatic carbocycles. The number of carboxylic acids is 1. The number of aliphatic carboxylic acids is 1. The van der Waals surface area contributed by atoms with Crippen LogP contribution >= 0.6 is 0 Å². The number of rotatable bonds is 8. The molecule has 0 aliphatic heterocycles. The summed E-state index contributed by atoms with van der Waals surface area (Å²) in [5.74, 6) is -0.974. The van der Waals surface area contributed by atoms with Gasteiger partial charge in [-0.25, -0.2) is 4.79 Å². The van der Waals surface area contributed by atoms with E-state index in [0.717, 1.165) is 16.7 Å².